The second kappa shape index (κ2) is 18.6. The second-order valence-corrected chi connectivity index (χ2v) is 13.3. The Morgan fingerprint density at radius 3 is 2.06 bits per heavy atom. The molecule has 0 bridgehead atoms. The molecule has 2 aliphatic rings. The first-order chi connectivity index (χ1) is 20.7. The van der Waals surface area contributed by atoms with Gasteiger partial charge < -0.3 is 14.9 Å². The van der Waals surface area contributed by atoms with E-state index >= 15 is 0 Å². The van der Waals surface area contributed by atoms with Gasteiger partial charge in [0.05, 0.1) is 0 Å². The van der Waals surface area contributed by atoms with Gasteiger partial charge in [0.25, 0.3) is 0 Å². The van der Waals surface area contributed by atoms with Gasteiger partial charge in [0.1, 0.15) is 0 Å². The summed E-state index contributed by atoms with van der Waals surface area (Å²) in [6.45, 7) is 16.6. The van der Waals surface area contributed by atoms with Crippen LogP contribution in [-0.4, -0.2) is 6.88 Å². The van der Waals surface area contributed by atoms with Crippen LogP contribution in [0.1, 0.15) is 87.3 Å². The van der Waals surface area contributed by atoms with Crippen molar-refractivity contribution in [3.63, 3.8) is 0 Å². The zero-order valence-electron chi connectivity index (χ0n) is 29.4. The van der Waals surface area contributed by atoms with Gasteiger partial charge in [-0.2, -0.15) is 23.8 Å². The van der Waals surface area contributed by atoms with E-state index in [2.05, 4.69) is 145 Å². The molecule has 7 rings (SSSR count). The molecule has 0 N–H and O–H groups in total. The van der Waals surface area contributed by atoms with Crippen LogP contribution in [0.4, 0.5) is 0 Å². The molecule has 0 spiro atoms. The molecule has 0 aliphatic heterocycles. The van der Waals surface area contributed by atoms with Gasteiger partial charge in [-0.25, -0.2) is 0 Å². The predicted molar refractivity (Wildman–Crippen MR) is 210 cm³/mol. The van der Waals surface area contributed by atoms with E-state index in [0.29, 0.717) is 5.92 Å². The van der Waals surface area contributed by atoms with Crippen LogP contribution < -0.4 is 0 Å². The summed E-state index contributed by atoms with van der Waals surface area (Å²) in [5.74, 6) is 0.584. The minimum atomic E-state index is 0. The number of aryl methyl sites for hydroxylation is 1. The molecule has 4 heteroatoms. The van der Waals surface area contributed by atoms with Crippen molar-refractivity contribution in [2.24, 2.45) is 0 Å². The summed E-state index contributed by atoms with van der Waals surface area (Å²) in [5.41, 5.74) is 16.0. The Morgan fingerprint density at radius 1 is 0.787 bits per heavy atom. The molecule has 0 saturated heterocycles. The summed E-state index contributed by atoms with van der Waals surface area (Å²) in [6, 6.07) is 33.5. The van der Waals surface area contributed by atoms with Crippen LogP contribution in [0.5, 0.6) is 0 Å². The molecule has 0 amide bonds. The summed E-state index contributed by atoms with van der Waals surface area (Å²) in [5, 5.41) is 2.72. The number of fused-ring (bicyclic) bond motifs is 3. The van der Waals surface area contributed by atoms with Crippen LogP contribution in [0.3, 0.4) is 0 Å². The summed E-state index contributed by atoms with van der Waals surface area (Å²) in [4.78, 5) is 0. The van der Waals surface area contributed by atoms with E-state index in [1.54, 1.807) is 11.1 Å². The molecule has 5 aromatic carbocycles. The van der Waals surface area contributed by atoms with Crippen LogP contribution in [0.2, 0.25) is 0 Å². The first-order valence-corrected chi connectivity index (χ1v) is 19.8. The molecular formula is C43H50Cl2SiZr-4. The molecule has 0 aromatic heterocycles. The molecule has 2 radical (unpaired) electrons. The topological polar surface area (TPSA) is 0 Å². The van der Waals surface area contributed by atoms with Crippen molar-refractivity contribution in [1.82, 2.24) is 0 Å². The normalized spacial score (nSPS) is 12.3. The van der Waals surface area contributed by atoms with Crippen molar-refractivity contribution in [2.45, 2.75) is 78.6 Å². The fourth-order valence-electron chi connectivity index (χ4n) is 6.57. The number of hydrogen-bond donors (Lipinski definition) is 0. The molecule has 0 saturated carbocycles. The van der Waals surface area contributed by atoms with Gasteiger partial charge in [-0.1, -0.05) is 131 Å². The zero-order valence-corrected chi connectivity index (χ0v) is 34.5. The molecule has 0 fully saturated rings. The Morgan fingerprint density at radius 2 is 1.45 bits per heavy atom. The van der Waals surface area contributed by atoms with Crippen LogP contribution in [0.15, 0.2) is 96.6 Å². The van der Waals surface area contributed by atoms with Gasteiger partial charge in [0.15, 0.2) is 0 Å². The van der Waals surface area contributed by atoms with Crippen molar-refractivity contribution < 1.29 is 23.3 Å². The maximum atomic E-state index is 3.59. The molecule has 47 heavy (non-hydrogen) atoms. The SMILES string of the molecule is CC(C)c1cc2c(-c3ccccc3)cccc2[cH-]1.CC1=[C-]c2cc3c(c(-c4ccc(C(C)(C)C)cc4)c2C1)CCC3.Cl.Cl.[CH3-].[CH3-].[Si]=[Zr]. The monoisotopic (exact) mass is 754 g/mol. The Labute approximate surface area is 315 Å². The standard InChI is InChI=1S/C23H25.C18H17.2CH3.2ClH.Si.Zr/c1-15-12-18-14-17-6-5-7-20(17)22(21(18)13-15)16-8-10-19(11-9-16)23(2,3)4;1-13(2)16-11-15-9-6-10-17(18(15)12-16)14-7-4-3-5-8-14;;;;;;/h8-11,14H,5-7,13H2,1-4H3;3-13H,1-2H3;2*1H3;2*1H;;/q4*-1;;;;. The number of rotatable bonds is 3. The summed E-state index contributed by atoms with van der Waals surface area (Å²) in [7, 11) is 0. The Kier molecular flexibility index (Phi) is 17.0. The van der Waals surface area contributed by atoms with Gasteiger partial charge in [-0.3, -0.25) is 0 Å². The molecule has 0 unspecified atom stereocenters. The van der Waals surface area contributed by atoms with E-state index in [0.717, 1.165) is 6.42 Å². The summed E-state index contributed by atoms with van der Waals surface area (Å²) < 4.78 is 0. The van der Waals surface area contributed by atoms with Crippen LogP contribution >= 0.6 is 24.8 Å². The van der Waals surface area contributed by atoms with Gasteiger partial charge in [-0.15, -0.1) is 70.5 Å². The maximum absolute atomic E-state index is 3.59. The van der Waals surface area contributed by atoms with Gasteiger partial charge in [0.2, 0.25) is 0 Å². The average Bonchev–Trinajstić information content (AvgIpc) is 3.75. The van der Waals surface area contributed by atoms with Crippen molar-refractivity contribution in [3.8, 4) is 22.3 Å². The second-order valence-electron chi connectivity index (χ2n) is 13.3. The Balaban J connectivity index is 0.000000422. The van der Waals surface area contributed by atoms with E-state index in [9.17, 15) is 0 Å². The van der Waals surface area contributed by atoms with Crippen molar-refractivity contribution >= 4 is 42.5 Å². The number of halogens is 2. The van der Waals surface area contributed by atoms with Crippen molar-refractivity contribution in [2.75, 3.05) is 0 Å². The molecule has 5 aromatic rings. The third-order valence-corrected chi connectivity index (χ3v) is 8.86. The molecule has 248 valence electrons. The van der Waals surface area contributed by atoms with Crippen LogP contribution in [0.25, 0.3) is 33.0 Å². The first-order valence-electron chi connectivity index (χ1n) is 15.6. The number of allylic oxidation sites excluding steroid dienone is 1. The van der Waals surface area contributed by atoms with E-state index in [-0.39, 0.29) is 45.1 Å². The van der Waals surface area contributed by atoms with Crippen molar-refractivity contribution in [3.05, 3.63) is 151 Å². The molecule has 0 atom stereocenters. The van der Waals surface area contributed by atoms with Crippen LogP contribution in [0, 0.1) is 20.9 Å². The number of benzene rings is 4. The van der Waals surface area contributed by atoms with Gasteiger partial charge in [0, 0.05) is 0 Å². The van der Waals surface area contributed by atoms with Gasteiger partial charge in [-0.05, 0) is 47.3 Å². The van der Waals surface area contributed by atoms with E-state index < -0.39 is 0 Å². The zero-order chi connectivity index (χ0) is 30.7. The molecule has 2 aliphatic carbocycles. The molecule has 0 nitrogen and oxygen atoms in total. The third kappa shape index (κ3) is 9.54. The summed E-state index contributed by atoms with van der Waals surface area (Å²) in [6.07, 6.45) is 8.42. The van der Waals surface area contributed by atoms with E-state index in [4.69, 9.17) is 0 Å². The van der Waals surface area contributed by atoms with E-state index in [1.807, 2.05) is 0 Å². The third-order valence-electron chi connectivity index (χ3n) is 8.86. The van der Waals surface area contributed by atoms with Crippen molar-refractivity contribution in [1.29, 1.82) is 0 Å². The minimum absolute atomic E-state index is 0. The van der Waals surface area contributed by atoms with Crippen LogP contribution in [-0.2, 0) is 48.0 Å². The quantitative estimate of drug-likeness (QED) is 0.127. The predicted octanol–water partition coefficient (Wildman–Crippen LogP) is 12.5. The fraction of sp³-hybridized carbons (Fsp3) is 0.279. The average molecular weight is 757 g/mol. The Hall–Kier alpha value is -2.09. The van der Waals surface area contributed by atoms with E-state index in [1.165, 1.54) is 103 Å². The summed E-state index contributed by atoms with van der Waals surface area (Å²) >= 11 is 1.36. The molecule has 0 heterocycles. The molecular weight excluding hydrogens is 707 g/mol. The Bertz CT molecular complexity index is 1760. The first kappa shape index (κ1) is 42.9. The fourth-order valence-corrected chi connectivity index (χ4v) is 6.57. The number of hydrogen-bond acceptors (Lipinski definition) is 0. The van der Waals surface area contributed by atoms with Gasteiger partial charge >= 0.3 is 30.2 Å².